The third-order valence-electron chi connectivity index (χ3n) is 0.679. The molecule has 0 saturated heterocycles. The Morgan fingerprint density at radius 3 is 2.00 bits per heavy atom. The van der Waals surface area contributed by atoms with E-state index in [1.165, 1.54) is 0 Å². The molecule has 0 spiro atoms. The lowest BCUT2D eigenvalue weighted by Crippen LogP contribution is -2.13. The maximum Gasteiger partial charge on any atom is 0.209 e. The van der Waals surface area contributed by atoms with Gasteiger partial charge in [0.25, 0.3) is 0 Å². The number of nitrogens with zero attached hydrogens (tertiary/aromatic N) is 1. The third kappa shape index (κ3) is 8.90. The number of carbonyl (C=O) groups is 1. The molecule has 8 heavy (non-hydrogen) atoms. The molecule has 0 aromatic rings. The summed E-state index contributed by atoms with van der Waals surface area (Å²) in [4.78, 5) is 11.2. The molecule has 0 aromatic carbocycles. The van der Waals surface area contributed by atoms with Crippen molar-refractivity contribution in [1.82, 2.24) is 4.90 Å². The molecule has 0 atom stereocenters. The first-order chi connectivity index (χ1) is 3.81. The average molecular weight is 113 g/mol. The number of amides is 1. The summed E-state index contributed by atoms with van der Waals surface area (Å²) in [6.07, 6.45) is 8.81. The second-order valence-electron chi connectivity index (χ2n) is 1.18. The van der Waals surface area contributed by atoms with Crippen LogP contribution in [0.5, 0.6) is 0 Å². The predicted octanol–water partition coefficient (Wildman–Crippen LogP) is 0.344. The van der Waals surface area contributed by atoms with Crippen molar-refractivity contribution in [3.05, 3.63) is 0 Å². The topological polar surface area (TPSA) is 20.3 Å². The molecule has 0 unspecified atom stereocenters. The number of carbonyl (C=O) groups excluding carboxylic acids is 1. The summed E-state index contributed by atoms with van der Waals surface area (Å²) in [5, 5.41) is 0. The molecule has 0 fully saturated rings. The molecule has 0 radical (unpaired) electrons. The average Bonchev–Trinajstić information content (AvgIpc) is 1.91. The minimum absolute atomic E-state index is 0.795. The monoisotopic (exact) mass is 113 g/mol. The van der Waals surface area contributed by atoms with Gasteiger partial charge in [0, 0.05) is 13.6 Å². The van der Waals surface area contributed by atoms with E-state index in [1.807, 2.05) is 6.92 Å². The van der Waals surface area contributed by atoms with Crippen molar-refractivity contribution in [2.75, 3.05) is 13.6 Å². The van der Waals surface area contributed by atoms with Gasteiger partial charge in [-0.15, -0.1) is 12.8 Å². The summed E-state index contributed by atoms with van der Waals surface area (Å²) >= 11 is 0. The van der Waals surface area contributed by atoms with E-state index >= 15 is 0 Å². The van der Waals surface area contributed by atoms with Crippen LogP contribution in [-0.4, -0.2) is 24.9 Å². The van der Waals surface area contributed by atoms with Crippen LogP contribution >= 0.6 is 0 Å². The van der Waals surface area contributed by atoms with Gasteiger partial charge in [-0.1, -0.05) is 0 Å². The van der Waals surface area contributed by atoms with Crippen molar-refractivity contribution in [3.8, 4) is 12.8 Å². The van der Waals surface area contributed by atoms with Crippen molar-refractivity contribution < 1.29 is 4.79 Å². The highest BCUT2D eigenvalue weighted by molar-refractivity contribution is 5.45. The number of hydrogen-bond acceptors (Lipinski definition) is 1. The molecule has 0 aromatic heterocycles. The molecule has 1 amide bonds. The lowest BCUT2D eigenvalue weighted by atomic mass is 10.7. The van der Waals surface area contributed by atoms with Crippen LogP contribution in [0.3, 0.4) is 0 Å². The molecular formula is C6H11NO. The maximum atomic E-state index is 9.66. The Bertz CT molecular complexity index is 68.2. The Kier molecular flexibility index (Phi) is 11.9. The Morgan fingerprint density at radius 2 is 2.00 bits per heavy atom. The van der Waals surface area contributed by atoms with E-state index in [9.17, 15) is 4.79 Å². The molecule has 0 N–H and O–H groups in total. The normalized spacial score (nSPS) is 6.00. The van der Waals surface area contributed by atoms with E-state index in [1.54, 1.807) is 11.9 Å². The third-order valence-corrected chi connectivity index (χ3v) is 0.679. The summed E-state index contributed by atoms with van der Waals surface area (Å²) in [6, 6.07) is 0. The molecule has 0 aliphatic carbocycles. The van der Waals surface area contributed by atoms with Gasteiger partial charge >= 0.3 is 0 Å². The minimum Gasteiger partial charge on any atom is -0.349 e. The summed E-state index contributed by atoms with van der Waals surface area (Å²) in [5.41, 5.74) is 0. The Labute approximate surface area is 50.5 Å². The standard InChI is InChI=1S/C4H9NO.C2H2/c1-3-5(2)4-6;1-2/h4H,3H2,1-2H3;1-2H. The highest BCUT2D eigenvalue weighted by Gasteiger charge is 1.79. The van der Waals surface area contributed by atoms with Crippen LogP contribution in [-0.2, 0) is 4.79 Å². The number of hydrogen-bond donors (Lipinski definition) is 0. The zero-order valence-corrected chi connectivity index (χ0v) is 5.29. The fraction of sp³-hybridized carbons (Fsp3) is 0.500. The highest BCUT2D eigenvalue weighted by Crippen LogP contribution is 1.66. The van der Waals surface area contributed by atoms with Crippen molar-refractivity contribution in [3.63, 3.8) is 0 Å². The van der Waals surface area contributed by atoms with Crippen LogP contribution in [0.15, 0.2) is 0 Å². The quantitative estimate of drug-likeness (QED) is 0.373. The molecule has 2 heteroatoms. The van der Waals surface area contributed by atoms with E-state index in [-0.39, 0.29) is 0 Å². The molecule has 0 saturated carbocycles. The zero-order valence-electron chi connectivity index (χ0n) is 5.29. The summed E-state index contributed by atoms with van der Waals surface area (Å²) in [5.74, 6) is 0. The van der Waals surface area contributed by atoms with Crippen molar-refractivity contribution in [2.24, 2.45) is 0 Å². The van der Waals surface area contributed by atoms with Crippen LogP contribution in [0.25, 0.3) is 0 Å². The van der Waals surface area contributed by atoms with Crippen LogP contribution in [0.1, 0.15) is 6.92 Å². The predicted molar refractivity (Wildman–Crippen MR) is 34.3 cm³/mol. The van der Waals surface area contributed by atoms with Crippen LogP contribution in [0.4, 0.5) is 0 Å². The summed E-state index contributed by atoms with van der Waals surface area (Å²) in [7, 11) is 1.74. The summed E-state index contributed by atoms with van der Waals surface area (Å²) in [6.45, 7) is 2.72. The van der Waals surface area contributed by atoms with Crippen molar-refractivity contribution in [2.45, 2.75) is 6.92 Å². The first kappa shape index (κ1) is 10.1. The lowest BCUT2D eigenvalue weighted by molar-refractivity contribution is -0.116. The van der Waals surface area contributed by atoms with Gasteiger partial charge in [-0.3, -0.25) is 4.79 Å². The second-order valence-corrected chi connectivity index (χ2v) is 1.18. The van der Waals surface area contributed by atoms with E-state index in [4.69, 9.17) is 0 Å². The van der Waals surface area contributed by atoms with Crippen molar-refractivity contribution in [1.29, 1.82) is 0 Å². The first-order valence-electron chi connectivity index (χ1n) is 2.30. The van der Waals surface area contributed by atoms with Gasteiger partial charge in [-0.2, -0.15) is 0 Å². The molecule has 0 aliphatic rings. The Morgan fingerprint density at radius 1 is 1.62 bits per heavy atom. The van der Waals surface area contributed by atoms with Crippen LogP contribution in [0.2, 0.25) is 0 Å². The minimum atomic E-state index is 0.795. The molecule has 2 nitrogen and oxygen atoms in total. The number of rotatable bonds is 2. The largest absolute Gasteiger partial charge is 0.349 e. The van der Waals surface area contributed by atoms with Crippen LogP contribution < -0.4 is 0 Å². The second kappa shape index (κ2) is 9.39. The van der Waals surface area contributed by atoms with Crippen LogP contribution in [0, 0.1) is 12.8 Å². The highest BCUT2D eigenvalue weighted by atomic mass is 16.1. The van der Waals surface area contributed by atoms with E-state index in [0.29, 0.717) is 0 Å². The van der Waals surface area contributed by atoms with Gasteiger partial charge < -0.3 is 4.90 Å². The van der Waals surface area contributed by atoms with Gasteiger partial charge in [-0.05, 0) is 6.92 Å². The number of terminal acetylenes is 1. The maximum absolute atomic E-state index is 9.66. The van der Waals surface area contributed by atoms with Gasteiger partial charge in [-0.25, -0.2) is 0 Å². The van der Waals surface area contributed by atoms with E-state index < -0.39 is 0 Å². The zero-order chi connectivity index (χ0) is 6.99. The van der Waals surface area contributed by atoms with E-state index in [2.05, 4.69) is 12.8 Å². The molecule has 0 rings (SSSR count). The fourth-order valence-electron chi connectivity index (χ4n) is 0.0745. The van der Waals surface area contributed by atoms with Gasteiger partial charge in [0.05, 0.1) is 0 Å². The Balaban J connectivity index is 0. The van der Waals surface area contributed by atoms with Crippen molar-refractivity contribution >= 4 is 6.41 Å². The van der Waals surface area contributed by atoms with Gasteiger partial charge in [0.1, 0.15) is 0 Å². The van der Waals surface area contributed by atoms with Gasteiger partial charge in [0.15, 0.2) is 0 Å². The molecule has 0 aliphatic heterocycles. The SMILES string of the molecule is C#C.CCN(C)C=O. The first-order valence-corrected chi connectivity index (χ1v) is 2.30. The molecule has 46 valence electrons. The smallest absolute Gasteiger partial charge is 0.209 e. The molecular weight excluding hydrogens is 102 g/mol. The fourth-order valence-corrected chi connectivity index (χ4v) is 0.0745. The molecule has 0 heterocycles. The van der Waals surface area contributed by atoms with Gasteiger partial charge in [0.2, 0.25) is 6.41 Å². The Hall–Kier alpha value is -0.970. The molecule has 0 bridgehead atoms. The van der Waals surface area contributed by atoms with E-state index in [0.717, 1.165) is 13.0 Å². The lowest BCUT2D eigenvalue weighted by Gasteiger charge is -2.01. The summed E-state index contributed by atoms with van der Waals surface area (Å²) < 4.78 is 0.